The van der Waals surface area contributed by atoms with Gasteiger partial charge in [-0.1, -0.05) is 18.2 Å². The average molecular weight is 302 g/mol. The third kappa shape index (κ3) is 2.32. The molecule has 23 heavy (non-hydrogen) atoms. The minimum atomic E-state index is 0.736. The molecule has 0 amide bonds. The van der Waals surface area contributed by atoms with Gasteiger partial charge in [-0.25, -0.2) is 9.97 Å². The van der Waals surface area contributed by atoms with Crippen LogP contribution < -0.4 is 4.90 Å². The molecule has 2 aromatic heterocycles. The van der Waals surface area contributed by atoms with Gasteiger partial charge >= 0.3 is 0 Å². The van der Waals surface area contributed by atoms with E-state index in [0.717, 1.165) is 28.1 Å². The summed E-state index contributed by atoms with van der Waals surface area (Å²) in [6, 6.07) is 16.7. The number of hydrogen-bond acceptors (Lipinski definition) is 3. The largest absolute Gasteiger partial charge is 0.378 e. The lowest BCUT2D eigenvalue weighted by Gasteiger charge is -2.12. The number of fused-ring (bicyclic) bond motifs is 3. The van der Waals surface area contributed by atoms with E-state index in [1.165, 1.54) is 11.3 Å². The minimum absolute atomic E-state index is 0.736. The van der Waals surface area contributed by atoms with Crippen LogP contribution in [0.25, 0.3) is 28.1 Å². The predicted octanol–water partition coefficient (Wildman–Crippen LogP) is 3.92. The van der Waals surface area contributed by atoms with Crippen LogP contribution in [0.15, 0.2) is 54.7 Å². The van der Waals surface area contributed by atoms with Crippen LogP contribution >= 0.6 is 0 Å². The fourth-order valence-corrected chi connectivity index (χ4v) is 2.80. The highest BCUT2D eigenvalue weighted by Crippen LogP contribution is 2.23. The van der Waals surface area contributed by atoms with Gasteiger partial charge in [0.1, 0.15) is 0 Å². The third-order valence-electron chi connectivity index (χ3n) is 4.11. The summed E-state index contributed by atoms with van der Waals surface area (Å²) in [7, 11) is 4.08. The van der Waals surface area contributed by atoms with Crippen molar-refractivity contribution in [1.29, 1.82) is 0 Å². The molecule has 114 valence electrons. The van der Waals surface area contributed by atoms with Crippen molar-refractivity contribution in [1.82, 2.24) is 14.4 Å². The fraction of sp³-hybridized carbons (Fsp3) is 0.158. The molecule has 0 aliphatic rings. The molecule has 0 spiro atoms. The summed E-state index contributed by atoms with van der Waals surface area (Å²) in [4.78, 5) is 11.4. The lowest BCUT2D eigenvalue weighted by atomic mass is 10.1. The summed E-state index contributed by atoms with van der Waals surface area (Å²) in [5, 5.41) is 0. The first-order valence-electron chi connectivity index (χ1n) is 7.65. The Kier molecular flexibility index (Phi) is 3.05. The first kappa shape index (κ1) is 13.8. The van der Waals surface area contributed by atoms with Gasteiger partial charge in [0.2, 0.25) is 5.78 Å². The number of benzene rings is 2. The summed E-state index contributed by atoms with van der Waals surface area (Å²) >= 11 is 0. The predicted molar refractivity (Wildman–Crippen MR) is 95.0 cm³/mol. The number of rotatable bonds is 2. The zero-order chi connectivity index (χ0) is 16.0. The molecule has 0 saturated heterocycles. The SMILES string of the molecule is Cc1ccc2nc3nc(-c4ccc(N(C)C)cc4)ccn3c2c1. The van der Waals surface area contributed by atoms with Crippen molar-refractivity contribution < 1.29 is 0 Å². The Bertz CT molecular complexity index is 997. The highest BCUT2D eigenvalue weighted by molar-refractivity contribution is 5.80. The van der Waals surface area contributed by atoms with E-state index in [-0.39, 0.29) is 0 Å². The number of anilines is 1. The molecule has 4 rings (SSSR count). The van der Waals surface area contributed by atoms with Gasteiger partial charge in [-0.2, -0.15) is 0 Å². The standard InChI is InChI=1S/C19H18N4/c1-13-4-9-17-18(12-13)23-11-10-16(20-19(23)21-17)14-5-7-15(8-6-14)22(2)3/h4-12H,1-3H3. The molecule has 2 heterocycles. The first-order valence-corrected chi connectivity index (χ1v) is 7.65. The number of nitrogens with zero attached hydrogens (tertiary/aromatic N) is 4. The van der Waals surface area contributed by atoms with Crippen molar-refractivity contribution in [2.24, 2.45) is 0 Å². The molecule has 4 aromatic rings. The van der Waals surface area contributed by atoms with Gasteiger partial charge in [-0.05, 0) is 42.8 Å². The van der Waals surface area contributed by atoms with Crippen molar-refractivity contribution in [3.05, 3.63) is 60.3 Å². The molecule has 0 radical (unpaired) electrons. The van der Waals surface area contributed by atoms with Gasteiger partial charge in [0.05, 0.1) is 16.7 Å². The van der Waals surface area contributed by atoms with Crippen LogP contribution in [0.5, 0.6) is 0 Å². The number of imidazole rings is 1. The summed E-state index contributed by atoms with van der Waals surface area (Å²) in [6.45, 7) is 2.09. The maximum Gasteiger partial charge on any atom is 0.235 e. The van der Waals surface area contributed by atoms with Gasteiger partial charge in [0.15, 0.2) is 0 Å². The molecule has 2 aromatic carbocycles. The van der Waals surface area contributed by atoms with Gasteiger partial charge in [0.25, 0.3) is 0 Å². The molecule has 4 heteroatoms. The summed E-state index contributed by atoms with van der Waals surface area (Å²) < 4.78 is 2.04. The van der Waals surface area contributed by atoms with E-state index in [4.69, 9.17) is 4.98 Å². The van der Waals surface area contributed by atoms with Crippen LogP contribution in [-0.2, 0) is 0 Å². The Morgan fingerprint density at radius 2 is 1.70 bits per heavy atom. The summed E-state index contributed by atoms with van der Waals surface area (Å²) in [5.41, 5.74) is 6.51. The van der Waals surface area contributed by atoms with Crippen molar-refractivity contribution >= 4 is 22.5 Å². The van der Waals surface area contributed by atoms with Crippen molar-refractivity contribution in [3.8, 4) is 11.3 Å². The van der Waals surface area contributed by atoms with E-state index in [1.807, 2.05) is 36.8 Å². The second-order valence-electron chi connectivity index (χ2n) is 6.03. The molecule has 0 unspecified atom stereocenters. The normalized spacial score (nSPS) is 11.3. The zero-order valence-corrected chi connectivity index (χ0v) is 13.5. The van der Waals surface area contributed by atoms with Crippen LogP contribution in [0.1, 0.15) is 5.56 Å². The molecule has 0 aliphatic carbocycles. The third-order valence-corrected chi connectivity index (χ3v) is 4.11. The van der Waals surface area contributed by atoms with E-state index in [0.29, 0.717) is 0 Å². The Balaban J connectivity index is 1.83. The van der Waals surface area contributed by atoms with Crippen LogP contribution in [0.3, 0.4) is 0 Å². The highest BCUT2D eigenvalue weighted by Gasteiger charge is 2.08. The Labute approximate surface area is 135 Å². The zero-order valence-electron chi connectivity index (χ0n) is 13.5. The first-order chi connectivity index (χ1) is 11.1. The number of aryl methyl sites for hydroxylation is 1. The van der Waals surface area contributed by atoms with E-state index in [1.54, 1.807) is 0 Å². The van der Waals surface area contributed by atoms with Crippen LogP contribution in [0.4, 0.5) is 5.69 Å². The fourth-order valence-electron chi connectivity index (χ4n) is 2.80. The molecule has 0 fully saturated rings. The second-order valence-corrected chi connectivity index (χ2v) is 6.03. The van der Waals surface area contributed by atoms with Crippen LogP contribution in [-0.4, -0.2) is 28.5 Å². The lowest BCUT2D eigenvalue weighted by Crippen LogP contribution is -2.07. The molecule has 0 atom stereocenters. The van der Waals surface area contributed by atoms with Gasteiger partial charge in [-0.3, -0.25) is 4.40 Å². The van der Waals surface area contributed by atoms with Gasteiger partial charge < -0.3 is 4.90 Å². The van der Waals surface area contributed by atoms with Crippen LogP contribution in [0, 0.1) is 6.92 Å². The van der Waals surface area contributed by atoms with Gasteiger partial charge in [0, 0.05) is 31.5 Å². The maximum absolute atomic E-state index is 4.73. The Morgan fingerprint density at radius 3 is 2.43 bits per heavy atom. The number of hydrogen-bond donors (Lipinski definition) is 0. The number of aromatic nitrogens is 3. The molecule has 0 N–H and O–H groups in total. The van der Waals surface area contributed by atoms with E-state index in [9.17, 15) is 0 Å². The van der Waals surface area contributed by atoms with Crippen molar-refractivity contribution in [3.63, 3.8) is 0 Å². The molecular weight excluding hydrogens is 284 g/mol. The van der Waals surface area contributed by atoms with Crippen LogP contribution in [0.2, 0.25) is 0 Å². The minimum Gasteiger partial charge on any atom is -0.378 e. The maximum atomic E-state index is 4.73. The molecule has 4 nitrogen and oxygen atoms in total. The average Bonchev–Trinajstić information content (AvgIpc) is 2.92. The quantitative estimate of drug-likeness (QED) is 0.562. The van der Waals surface area contributed by atoms with E-state index in [2.05, 4.69) is 53.2 Å². The van der Waals surface area contributed by atoms with Crippen molar-refractivity contribution in [2.45, 2.75) is 6.92 Å². The van der Waals surface area contributed by atoms with Gasteiger partial charge in [-0.15, -0.1) is 0 Å². The monoisotopic (exact) mass is 302 g/mol. The smallest absolute Gasteiger partial charge is 0.235 e. The molecular formula is C19H18N4. The highest BCUT2D eigenvalue weighted by atomic mass is 15.1. The molecule has 0 bridgehead atoms. The Hall–Kier alpha value is -2.88. The van der Waals surface area contributed by atoms with E-state index >= 15 is 0 Å². The molecule has 0 aliphatic heterocycles. The Morgan fingerprint density at radius 1 is 0.913 bits per heavy atom. The lowest BCUT2D eigenvalue weighted by molar-refractivity contribution is 1.13. The van der Waals surface area contributed by atoms with E-state index < -0.39 is 0 Å². The topological polar surface area (TPSA) is 33.4 Å². The summed E-state index contributed by atoms with van der Waals surface area (Å²) in [6.07, 6.45) is 2.05. The summed E-state index contributed by atoms with van der Waals surface area (Å²) in [5.74, 6) is 0.736. The van der Waals surface area contributed by atoms with Crippen molar-refractivity contribution in [2.75, 3.05) is 19.0 Å². The second kappa shape index (κ2) is 5.09. The molecule has 0 saturated carbocycles.